The van der Waals surface area contributed by atoms with Gasteiger partial charge in [0.1, 0.15) is 12.4 Å². The van der Waals surface area contributed by atoms with Crippen molar-refractivity contribution in [1.82, 2.24) is 6.15 Å². The Kier molecular flexibility index (Phi) is 1.40. The summed E-state index contributed by atoms with van der Waals surface area (Å²) in [5.41, 5.74) is 1.33. The molecule has 2 nitrogen and oxygen atoms in total. The van der Waals surface area contributed by atoms with Crippen LogP contribution in [0.15, 0.2) is 24.3 Å². The second-order valence-corrected chi connectivity index (χ2v) is 1.90. The van der Waals surface area contributed by atoms with E-state index in [0.29, 0.717) is 0 Å². The van der Waals surface area contributed by atoms with Crippen molar-refractivity contribution >= 4 is 0 Å². The van der Waals surface area contributed by atoms with Gasteiger partial charge < -0.3 is 10.9 Å². The molecule has 0 atom stereocenters. The van der Waals surface area contributed by atoms with Gasteiger partial charge >= 0.3 is 0 Å². The van der Waals surface area contributed by atoms with Crippen LogP contribution in [0.5, 0.6) is 5.75 Å². The average Bonchev–Trinajstić information content (AvgIpc) is 1.72. The lowest BCUT2D eigenvalue weighted by molar-refractivity contribution is 0.243. The molecule has 2 heteroatoms. The van der Waals surface area contributed by atoms with Crippen molar-refractivity contribution in [2.75, 3.05) is 0 Å². The van der Waals surface area contributed by atoms with Gasteiger partial charge in [-0.3, -0.25) is 0 Å². The van der Waals surface area contributed by atoms with Gasteiger partial charge in [-0.15, -0.1) is 0 Å². The van der Waals surface area contributed by atoms with E-state index in [1.807, 2.05) is 18.2 Å². The highest BCUT2D eigenvalue weighted by Gasteiger charge is 2.10. The normalized spacial score (nSPS) is 12.0. The molecule has 3 N–H and O–H groups in total. The Morgan fingerprint density at radius 2 is 2.00 bits per heavy atom. The molecule has 48 valence electrons. The number of para-hydroxylation sites is 1. The van der Waals surface area contributed by atoms with Gasteiger partial charge in [-0.1, -0.05) is 18.2 Å². The largest absolute Gasteiger partial charge is 0.488 e. The average molecular weight is 123 g/mol. The van der Waals surface area contributed by atoms with Crippen molar-refractivity contribution in [3.63, 3.8) is 0 Å². The summed E-state index contributed by atoms with van der Waals surface area (Å²) in [4.78, 5) is 0. The summed E-state index contributed by atoms with van der Waals surface area (Å²) in [6.07, 6.45) is 0. The van der Waals surface area contributed by atoms with Crippen LogP contribution >= 0.6 is 0 Å². The lowest BCUT2D eigenvalue weighted by Gasteiger charge is -2.18. The summed E-state index contributed by atoms with van der Waals surface area (Å²) < 4.78 is 5.08. The molecule has 0 aromatic heterocycles. The van der Waals surface area contributed by atoms with Crippen LogP contribution in [0, 0.1) is 0 Å². The summed E-state index contributed by atoms with van der Waals surface area (Å²) >= 11 is 0. The highest BCUT2D eigenvalue weighted by molar-refractivity contribution is 5.37. The second kappa shape index (κ2) is 2.07. The molecule has 9 heavy (non-hydrogen) atoms. The first-order valence-electron chi connectivity index (χ1n) is 2.67. The van der Waals surface area contributed by atoms with Crippen LogP contribution in [0.1, 0.15) is 5.56 Å². The van der Waals surface area contributed by atoms with Crippen molar-refractivity contribution in [2.45, 2.75) is 6.61 Å². The van der Waals surface area contributed by atoms with E-state index >= 15 is 0 Å². The van der Waals surface area contributed by atoms with Crippen LogP contribution in [0.3, 0.4) is 0 Å². The van der Waals surface area contributed by atoms with Crippen molar-refractivity contribution < 1.29 is 4.74 Å². The van der Waals surface area contributed by atoms with E-state index in [2.05, 4.69) is 6.07 Å². The molecular formula is C7H9NO. The molecule has 0 spiro atoms. The molecule has 1 aromatic rings. The van der Waals surface area contributed by atoms with Gasteiger partial charge in [-0.05, 0) is 6.07 Å². The van der Waals surface area contributed by atoms with E-state index in [4.69, 9.17) is 4.74 Å². The topological polar surface area (TPSA) is 44.2 Å². The highest BCUT2D eigenvalue weighted by atomic mass is 16.5. The molecule has 1 aromatic carbocycles. The van der Waals surface area contributed by atoms with Crippen molar-refractivity contribution in [3.05, 3.63) is 29.8 Å². The third-order valence-corrected chi connectivity index (χ3v) is 1.36. The molecule has 0 amide bonds. The van der Waals surface area contributed by atoms with E-state index in [1.165, 1.54) is 5.56 Å². The van der Waals surface area contributed by atoms with Crippen molar-refractivity contribution in [1.29, 1.82) is 0 Å². The fourth-order valence-electron chi connectivity index (χ4n) is 0.839. The minimum absolute atomic E-state index is 0. The van der Waals surface area contributed by atoms with E-state index in [1.54, 1.807) is 0 Å². The molecule has 1 heterocycles. The van der Waals surface area contributed by atoms with Gasteiger partial charge in [0.05, 0.1) is 0 Å². The monoisotopic (exact) mass is 123 g/mol. The number of fused-ring (bicyclic) bond motifs is 1. The van der Waals surface area contributed by atoms with Crippen molar-refractivity contribution in [2.24, 2.45) is 0 Å². The minimum atomic E-state index is 0. The SMILES string of the molecule is N.c1ccc2c(c1)CO2. The predicted molar refractivity (Wildman–Crippen MR) is 35.8 cm³/mol. The van der Waals surface area contributed by atoms with Crippen molar-refractivity contribution in [3.8, 4) is 5.75 Å². The zero-order valence-electron chi connectivity index (χ0n) is 5.13. The fraction of sp³-hybridized carbons (Fsp3) is 0.143. The molecule has 0 aliphatic carbocycles. The van der Waals surface area contributed by atoms with E-state index in [9.17, 15) is 0 Å². The molecule has 0 fully saturated rings. The molecule has 0 bridgehead atoms. The summed E-state index contributed by atoms with van der Waals surface area (Å²) in [5, 5.41) is 0. The van der Waals surface area contributed by atoms with Gasteiger partial charge in [0.15, 0.2) is 0 Å². The van der Waals surface area contributed by atoms with Crippen LogP contribution in [0.4, 0.5) is 0 Å². The van der Waals surface area contributed by atoms with Gasteiger partial charge in [0.25, 0.3) is 0 Å². The maximum atomic E-state index is 5.08. The zero-order chi connectivity index (χ0) is 5.40. The van der Waals surface area contributed by atoms with Crippen LogP contribution in [-0.4, -0.2) is 0 Å². The molecule has 2 rings (SSSR count). The smallest absolute Gasteiger partial charge is 0.126 e. The molecule has 0 unspecified atom stereocenters. The molecule has 0 saturated heterocycles. The van der Waals surface area contributed by atoms with Gasteiger partial charge in [0, 0.05) is 5.56 Å². The Labute approximate surface area is 54.0 Å². The van der Waals surface area contributed by atoms with Crippen LogP contribution < -0.4 is 10.9 Å². The third-order valence-electron chi connectivity index (χ3n) is 1.36. The second-order valence-electron chi connectivity index (χ2n) is 1.90. The Balaban J connectivity index is 0.000000405. The maximum absolute atomic E-state index is 5.08. The number of hydrogen-bond acceptors (Lipinski definition) is 2. The molecule has 0 saturated carbocycles. The standard InChI is InChI=1S/C7H6O.H3N/c1-2-4-7-6(3-1)5-8-7;/h1-4H,5H2;1H3. The molecular weight excluding hydrogens is 114 g/mol. The van der Waals surface area contributed by atoms with Gasteiger partial charge in [-0.25, -0.2) is 0 Å². The number of hydrogen-bond donors (Lipinski definition) is 1. The Morgan fingerprint density at radius 1 is 1.22 bits per heavy atom. The Bertz CT molecular complexity index is 187. The van der Waals surface area contributed by atoms with Crippen LogP contribution in [0.25, 0.3) is 0 Å². The first-order chi connectivity index (χ1) is 3.97. The molecule has 1 aliphatic heterocycles. The number of ether oxygens (including phenoxy) is 1. The number of benzene rings is 1. The van der Waals surface area contributed by atoms with Gasteiger partial charge in [0.2, 0.25) is 0 Å². The number of rotatable bonds is 0. The Morgan fingerprint density at radius 3 is 2.33 bits per heavy atom. The van der Waals surface area contributed by atoms with E-state index in [-0.39, 0.29) is 6.15 Å². The van der Waals surface area contributed by atoms with E-state index in [0.717, 1.165) is 12.4 Å². The van der Waals surface area contributed by atoms with E-state index < -0.39 is 0 Å². The molecule has 1 aliphatic rings. The van der Waals surface area contributed by atoms with Crippen LogP contribution in [-0.2, 0) is 6.61 Å². The summed E-state index contributed by atoms with van der Waals surface area (Å²) in [7, 11) is 0. The quantitative estimate of drug-likeness (QED) is 0.571. The maximum Gasteiger partial charge on any atom is 0.126 e. The summed E-state index contributed by atoms with van der Waals surface area (Å²) in [6.45, 7) is 0.802. The minimum Gasteiger partial charge on any atom is -0.488 e. The fourth-order valence-corrected chi connectivity index (χ4v) is 0.839. The first-order valence-corrected chi connectivity index (χ1v) is 2.67. The lowest BCUT2D eigenvalue weighted by Crippen LogP contribution is -2.07. The predicted octanol–water partition coefficient (Wildman–Crippen LogP) is 1.74. The lowest BCUT2D eigenvalue weighted by atomic mass is 10.1. The third kappa shape index (κ3) is 0.771. The zero-order valence-corrected chi connectivity index (χ0v) is 5.13. The van der Waals surface area contributed by atoms with Crippen LogP contribution in [0.2, 0.25) is 0 Å². The first kappa shape index (κ1) is 6.11. The summed E-state index contributed by atoms with van der Waals surface area (Å²) in [6, 6.07) is 8.08. The summed E-state index contributed by atoms with van der Waals surface area (Å²) in [5.74, 6) is 1.05. The van der Waals surface area contributed by atoms with Gasteiger partial charge in [-0.2, -0.15) is 0 Å². The Hall–Kier alpha value is -1.02. The highest BCUT2D eigenvalue weighted by Crippen LogP contribution is 2.27. The molecule has 0 radical (unpaired) electrons.